The number of carbonyl (C=O) groups excluding carboxylic acids is 2. The van der Waals surface area contributed by atoms with Crippen molar-refractivity contribution in [2.24, 2.45) is 5.73 Å². The molecule has 3 aromatic rings. The maximum Gasteiger partial charge on any atom is 0.417 e. The highest BCUT2D eigenvalue weighted by atomic mass is 35.5. The molecule has 0 aliphatic carbocycles. The highest BCUT2D eigenvalue weighted by Gasteiger charge is 2.32. The summed E-state index contributed by atoms with van der Waals surface area (Å²) in [7, 11) is 0. The van der Waals surface area contributed by atoms with Crippen LogP contribution in [0.4, 0.5) is 18.2 Å². The Labute approximate surface area is 162 Å². The number of carbonyl (C=O) groups is 2. The molecular weight excluding hydrogens is 427 g/mol. The minimum absolute atomic E-state index is 0.0434. The fourth-order valence-corrected chi connectivity index (χ4v) is 3.84. The minimum atomic E-state index is -4.59. The van der Waals surface area contributed by atoms with Gasteiger partial charge in [0.05, 0.1) is 21.9 Å². The molecule has 2 amide bonds. The average molecular weight is 436 g/mol. The van der Waals surface area contributed by atoms with Gasteiger partial charge in [0.15, 0.2) is 10.8 Å². The quantitative estimate of drug-likeness (QED) is 0.599. The van der Waals surface area contributed by atoms with E-state index >= 15 is 0 Å². The summed E-state index contributed by atoms with van der Waals surface area (Å²) in [5.74, 6) is -1.35. The van der Waals surface area contributed by atoms with Crippen molar-refractivity contribution >= 4 is 57.2 Å². The molecule has 0 bridgehead atoms. The first-order chi connectivity index (χ1) is 12.7. The Morgan fingerprint density at radius 2 is 2.11 bits per heavy atom. The summed E-state index contributed by atoms with van der Waals surface area (Å²) >= 11 is 7.82. The van der Waals surface area contributed by atoms with Crippen LogP contribution in [0.2, 0.25) is 5.02 Å². The molecule has 3 N–H and O–H groups in total. The van der Waals surface area contributed by atoms with Gasteiger partial charge in [-0.05, 0) is 17.5 Å². The number of hydrogen-bond donors (Lipinski definition) is 2. The van der Waals surface area contributed by atoms with E-state index in [1.54, 1.807) is 5.38 Å². The standard InChI is InChI=1S/C14H9ClF3N5O2S2/c15-8-3-6(14(16,17)18)4-23-11(8)21-22-13(23)27-5-9(24)20-12-7(10(19)25)1-2-26-12/h1-4H,5H2,(H2,19,25)(H,20,24). The van der Waals surface area contributed by atoms with Crippen LogP contribution in [-0.2, 0) is 11.0 Å². The van der Waals surface area contributed by atoms with E-state index in [-0.39, 0.29) is 27.1 Å². The van der Waals surface area contributed by atoms with Crippen molar-refractivity contribution < 1.29 is 22.8 Å². The van der Waals surface area contributed by atoms with Crippen LogP contribution in [0.25, 0.3) is 5.65 Å². The number of nitrogens with zero attached hydrogens (tertiary/aromatic N) is 3. The van der Waals surface area contributed by atoms with Gasteiger partial charge < -0.3 is 11.1 Å². The minimum Gasteiger partial charge on any atom is -0.366 e. The van der Waals surface area contributed by atoms with Crippen molar-refractivity contribution in [1.29, 1.82) is 0 Å². The van der Waals surface area contributed by atoms with Crippen LogP contribution in [-0.4, -0.2) is 32.2 Å². The topological polar surface area (TPSA) is 102 Å². The average Bonchev–Trinajstić information content (AvgIpc) is 3.19. The Balaban J connectivity index is 1.77. The number of aromatic nitrogens is 3. The Bertz CT molecular complexity index is 1030. The largest absolute Gasteiger partial charge is 0.417 e. The molecule has 0 saturated carbocycles. The predicted octanol–water partition coefficient (Wildman–Crippen LogP) is 3.29. The van der Waals surface area contributed by atoms with Crippen molar-refractivity contribution in [3.63, 3.8) is 0 Å². The van der Waals surface area contributed by atoms with Gasteiger partial charge in [-0.3, -0.25) is 14.0 Å². The van der Waals surface area contributed by atoms with Crippen LogP contribution >= 0.6 is 34.7 Å². The van der Waals surface area contributed by atoms with E-state index < -0.39 is 23.6 Å². The summed E-state index contributed by atoms with van der Waals surface area (Å²) < 4.78 is 39.9. The summed E-state index contributed by atoms with van der Waals surface area (Å²) in [5, 5.41) is 11.8. The first kappa shape index (κ1) is 19.5. The van der Waals surface area contributed by atoms with Gasteiger partial charge in [0.1, 0.15) is 5.00 Å². The number of nitrogens with one attached hydrogen (secondary N) is 1. The number of anilines is 1. The first-order valence-corrected chi connectivity index (χ1v) is 9.32. The zero-order valence-corrected chi connectivity index (χ0v) is 15.5. The van der Waals surface area contributed by atoms with Gasteiger partial charge >= 0.3 is 6.18 Å². The van der Waals surface area contributed by atoms with E-state index in [1.807, 2.05) is 0 Å². The van der Waals surface area contributed by atoms with Crippen molar-refractivity contribution in [1.82, 2.24) is 14.6 Å². The molecule has 0 atom stereocenters. The molecule has 0 aliphatic rings. The lowest BCUT2D eigenvalue weighted by Gasteiger charge is -2.08. The third-order valence-electron chi connectivity index (χ3n) is 3.27. The third-order valence-corrected chi connectivity index (χ3v) is 5.32. The van der Waals surface area contributed by atoms with Crippen LogP contribution in [0.3, 0.4) is 0 Å². The number of fused-ring (bicyclic) bond motifs is 1. The Morgan fingerprint density at radius 1 is 1.37 bits per heavy atom. The molecule has 0 radical (unpaired) electrons. The SMILES string of the molecule is NC(=O)c1ccsc1NC(=O)CSc1nnc2c(Cl)cc(C(F)(F)F)cn12. The molecule has 13 heteroatoms. The van der Waals surface area contributed by atoms with Crippen LogP contribution in [0.5, 0.6) is 0 Å². The first-order valence-electron chi connectivity index (χ1n) is 7.08. The van der Waals surface area contributed by atoms with Gasteiger partial charge in [-0.25, -0.2) is 0 Å². The molecule has 27 heavy (non-hydrogen) atoms. The third kappa shape index (κ3) is 4.17. The number of thioether (sulfide) groups is 1. The van der Waals surface area contributed by atoms with Gasteiger partial charge in [0, 0.05) is 6.20 Å². The van der Waals surface area contributed by atoms with Crippen molar-refractivity contribution in [2.45, 2.75) is 11.3 Å². The van der Waals surface area contributed by atoms with Crippen molar-refractivity contribution in [3.05, 3.63) is 39.9 Å². The van der Waals surface area contributed by atoms with E-state index in [0.29, 0.717) is 5.00 Å². The predicted molar refractivity (Wildman–Crippen MR) is 95.2 cm³/mol. The molecule has 0 fully saturated rings. The second-order valence-electron chi connectivity index (χ2n) is 5.12. The normalized spacial score (nSPS) is 11.7. The second-order valence-corrected chi connectivity index (χ2v) is 7.38. The molecule has 0 aromatic carbocycles. The van der Waals surface area contributed by atoms with E-state index in [0.717, 1.165) is 39.8 Å². The van der Waals surface area contributed by atoms with Gasteiger partial charge in [0.25, 0.3) is 5.91 Å². The fourth-order valence-electron chi connectivity index (χ4n) is 2.08. The molecular formula is C14H9ClF3N5O2S2. The molecule has 0 saturated heterocycles. The number of amides is 2. The number of alkyl halides is 3. The summed E-state index contributed by atoms with van der Waals surface area (Å²) in [4.78, 5) is 23.3. The van der Waals surface area contributed by atoms with Gasteiger partial charge in [-0.15, -0.1) is 21.5 Å². The summed E-state index contributed by atoms with van der Waals surface area (Å²) in [6.45, 7) is 0. The van der Waals surface area contributed by atoms with E-state index in [2.05, 4.69) is 15.5 Å². The number of primary amides is 1. The summed E-state index contributed by atoms with van der Waals surface area (Å²) in [6, 6.07) is 2.23. The Kier molecular flexibility index (Phi) is 5.31. The second kappa shape index (κ2) is 7.37. The van der Waals surface area contributed by atoms with E-state index in [1.165, 1.54) is 6.07 Å². The smallest absolute Gasteiger partial charge is 0.366 e. The van der Waals surface area contributed by atoms with Gasteiger partial charge in [0.2, 0.25) is 5.91 Å². The van der Waals surface area contributed by atoms with Crippen LogP contribution in [0.15, 0.2) is 28.9 Å². The van der Waals surface area contributed by atoms with Gasteiger partial charge in [-0.2, -0.15) is 13.2 Å². The molecule has 0 aliphatic heterocycles. The number of thiophene rings is 1. The molecule has 3 rings (SSSR count). The van der Waals surface area contributed by atoms with Crippen molar-refractivity contribution in [2.75, 3.05) is 11.1 Å². The van der Waals surface area contributed by atoms with Crippen LogP contribution < -0.4 is 11.1 Å². The maximum absolute atomic E-state index is 12.9. The molecule has 0 unspecified atom stereocenters. The molecule has 7 nitrogen and oxygen atoms in total. The molecule has 0 spiro atoms. The summed E-state index contributed by atoms with van der Waals surface area (Å²) in [6.07, 6.45) is -3.78. The maximum atomic E-state index is 12.9. The number of hydrogen-bond acceptors (Lipinski definition) is 6. The van der Waals surface area contributed by atoms with Crippen molar-refractivity contribution in [3.8, 4) is 0 Å². The zero-order valence-electron chi connectivity index (χ0n) is 13.1. The lowest BCUT2D eigenvalue weighted by molar-refractivity contribution is -0.137. The molecule has 142 valence electrons. The number of halogens is 4. The molecule has 3 heterocycles. The fraction of sp³-hybridized carbons (Fsp3) is 0.143. The Morgan fingerprint density at radius 3 is 2.78 bits per heavy atom. The van der Waals surface area contributed by atoms with E-state index in [9.17, 15) is 22.8 Å². The lowest BCUT2D eigenvalue weighted by atomic mass is 10.3. The number of nitrogens with two attached hydrogens (primary N) is 1. The Hall–Kier alpha value is -2.31. The highest BCUT2D eigenvalue weighted by Crippen LogP contribution is 2.33. The highest BCUT2D eigenvalue weighted by molar-refractivity contribution is 7.99. The van der Waals surface area contributed by atoms with Gasteiger partial charge in [-0.1, -0.05) is 23.4 Å². The van der Waals surface area contributed by atoms with Crippen LogP contribution in [0, 0.1) is 0 Å². The van der Waals surface area contributed by atoms with E-state index in [4.69, 9.17) is 17.3 Å². The zero-order chi connectivity index (χ0) is 19.8. The number of pyridine rings is 1. The molecule has 3 aromatic heterocycles. The summed E-state index contributed by atoms with van der Waals surface area (Å²) in [5.41, 5.74) is 4.45. The lowest BCUT2D eigenvalue weighted by Crippen LogP contribution is -2.17. The monoisotopic (exact) mass is 435 g/mol. The van der Waals surface area contributed by atoms with Crippen LogP contribution in [0.1, 0.15) is 15.9 Å². The number of rotatable bonds is 5.